The summed E-state index contributed by atoms with van der Waals surface area (Å²) >= 11 is 0. The van der Waals surface area contributed by atoms with Gasteiger partial charge in [-0.05, 0) is 93.4 Å². The summed E-state index contributed by atoms with van der Waals surface area (Å²) in [5.74, 6) is -0.540. The molecule has 51 heavy (non-hydrogen) atoms. The number of benzene rings is 2. The molecule has 0 unspecified atom stereocenters. The third kappa shape index (κ3) is 8.02. The van der Waals surface area contributed by atoms with E-state index in [0.717, 1.165) is 24.0 Å². The molecule has 9 heteroatoms. The number of likely N-dealkylation sites (tertiary alicyclic amines) is 1. The van der Waals surface area contributed by atoms with E-state index in [-0.39, 0.29) is 34.5 Å². The zero-order chi connectivity index (χ0) is 37.4. The lowest BCUT2D eigenvalue weighted by Gasteiger charge is -2.55. The second-order valence-corrected chi connectivity index (χ2v) is 17.2. The van der Waals surface area contributed by atoms with Crippen LogP contribution in [0.5, 0.6) is 0 Å². The summed E-state index contributed by atoms with van der Waals surface area (Å²) in [5.41, 5.74) is 1.96. The summed E-state index contributed by atoms with van der Waals surface area (Å²) in [6.45, 7) is 18.3. The topological polar surface area (TPSA) is 116 Å². The van der Waals surface area contributed by atoms with Crippen molar-refractivity contribution in [2.45, 2.75) is 110 Å². The fraction of sp³-hybridized carbons (Fsp3) is 0.571. The second-order valence-electron chi connectivity index (χ2n) is 17.2. The van der Waals surface area contributed by atoms with E-state index in [9.17, 15) is 24.3 Å². The first kappa shape index (κ1) is 38.1. The number of carboxylic acid groups (broad SMARTS) is 1. The molecule has 0 radical (unpaired) electrons. The van der Waals surface area contributed by atoms with Gasteiger partial charge in [0, 0.05) is 31.6 Å². The predicted molar refractivity (Wildman–Crippen MR) is 198 cm³/mol. The molecule has 2 aromatic rings. The Morgan fingerprint density at radius 3 is 2.12 bits per heavy atom. The Morgan fingerprint density at radius 2 is 1.55 bits per heavy atom. The zero-order valence-electron chi connectivity index (χ0n) is 31.8. The van der Waals surface area contributed by atoms with E-state index in [1.807, 2.05) is 61.2 Å². The summed E-state index contributed by atoms with van der Waals surface area (Å²) < 4.78 is 5.48. The third-order valence-corrected chi connectivity index (χ3v) is 11.5. The van der Waals surface area contributed by atoms with Gasteiger partial charge >= 0.3 is 12.1 Å². The standard InChI is InChI=1S/C42H57N3O6/c1-28(2)26-33(43-38(50)51-39(3,4)5)35(46)44-24-21-42(22-25-44,31-12-10-9-11-13-31)37(49)45-23-19-34-40(6,7)32(18-20-41(34,8)27-45)29-14-16-30(17-15-29)36(47)48/h9-17,19,28,32-33H,18,20-27H2,1-8H3,(H,43,50)(H,47,48)/t32-,33+,41-/m1/s1. The number of amides is 3. The van der Waals surface area contributed by atoms with Crippen LogP contribution in [0, 0.1) is 16.7 Å². The van der Waals surface area contributed by atoms with Gasteiger partial charge in [0.15, 0.2) is 0 Å². The average molecular weight is 700 g/mol. The van der Waals surface area contributed by atoms with Gasteiger partial charge < -0.3 is 25.0 Å². The molecule has 2 fully saturated rings. The van der Waals surface area contributed by atoms with Crippen molar-refractivity contribution in [1.29, 1.82) is 0 Å². The lowest BCUT2D eigenvalue weighted by Crippen LogP contribution is -2.59. The summed E-state index contributed by atoms with van der Waals surface area (Å²) in [5, 5.41) is 12.2. The highest BCUT2D eigenvalue weighted by Crippen LogP contribution is 2.58. The van der Waals surface area contributed by atoms with E-state index in [4.69, 9.17) is 4.74 Å². The van der Waals surface area contributed by atoms with Gasteiger partial charge in [-0.15, -0.1) is 0 Å². The van der Waals surface area contributed by atoms with Crippen molar-refractivity contribution in [1.82, 2.24) is 15.1 Å². The van der Waals surface area contributed by atoms with E-state index in [1.54, 1.807) is 37.8 Å². The molecule has 3 aliphatic rings. The highest BCUT2D eigenvalue weighted by Gasteiger charge is 2.53. The van der Waals surface area contributed by atoms with E-state index in [0.29, 0.717) is 51.0 Å². The van der Waals surface area contributed by atoms with Gasteiger partial charge in [0.2, 0.25) is 11.8 Å². The Hall–Kier alpha value is -4.14. The number of carbonyl (C=O) groups excluding carboxylic acids is 3. The third-order valence-electron chi connectivity index (χ3n) is 11.5. The van der Waals surface area contributed by atoms with Crippen LogP contribution >= 0.6 is 0 Å². The van der Waals surface area contributed by atoms with Gasteiger partial charge in [-0.2, -0.15) is 0 Å². The van der Waals surface area contributed by atoms with Crippen molar-refractivity contribution in [2.24, 2.45) is 16.7 Å². The van der Waals surface area contributed by atoms with Crippen molar-refractivity contribution in [3.05, 3.63) is 82.9 Å². The number of aromatic carboxylic acids is 1. The first-order valence-corrected chi connectivity index (χ1v) is 18.5. The van der Waals surface area contributed by atoms with Crippen molar-refractivity contribution in [3.63, 3.8) is 0 Å². The molecule has 0 spiro atoms. The Morgan fingerprint density at radius 1 is 0.922 bits per heavy atom. The number of fused-ring (bicyclic) bond motifs is 1. The zero-order valence-corrected chi connectivity index (χ0v) is 31.8. The lowest BCUT2D eigenvalue weighted by molar-refractivity contribution is -0.145. The monoisotopic (exact) mass is 699 g/mol. The first-order chi connectivity index (χ1) is 23.9. The molecule has 2 aromatic carbocycles. The van der Waals surface area contributed by atoms with Crippen LogP contribution in [0.25, 0.3) is 0 Å². The largest absolute Gasteiger partial charge is 0.478 e. The maximum absolute atomic E-state index is 14.9. The molecule has 276 valence electrons. The van der Waals surface area contributed by atoms with Crippen LogP contribution in [0.3, 0.4) is 0 Å². The summed E-state index contributed by atoms with van der Waals surface area (Å²) in [7, 11) is 0. The van der Waals surface area contributed by atoms with Crippen molar-refractivity contribution in [3.8, 4) is 0 Å². The number of piperidine rings is 1. The molecular formula is C42H57N3O6. The van der Waals surface area contributed by atoms with Gasteiger partial charge in [0.1, 0.15) is 11.6 Å². The average Bonchev–Trinajstić information content (AvgIpc) is 3.06. The van der Waals surface area contributed by atoms with Crippen LogP contribution in [-0.4, -0.2) is 76.6 Å². The molecule has 0 aromatic heterocycles. The lowest BCUT2D eigenvalue weighted by atomic mass is 9.53. The maximum atomic E-state index is 14.9. The first-order valence-electron chi connectivity index (χ1n) is 18.5. The van der Waals surface area contributed by atoms with Crippen molar-refractivity contribution >= 4 is 23.9 Å². The molecule has 1 saturated heterocycles. The fourth-order valence-corrected chi connectivity index (χ4v) is 9.04. The van der Waals surface area contributed by atoms with Gasteiger partial charge in [0.05, 0.1) is 11.0 Å². The van der Waals surface area contributed by atoms with Crippen molar-refractivity contribution < 1.29 is 29.0 Å². The molecule has 5 rings (SSSR count). The maximum Gasteiger partial charge on any atom is 0.408 e. The van der Waals surface area contributed by atoms with Crippen LogP contribution in [0.4, 0.5) is 4.79 Å². The summed E-state index contributed by atoms with van der Waals surface area (Å²) in [6.07, 6.45) is 4.99. The number of nitrogens with zero attached hydrogens (tertiary/aromatic N) is 2. The Balaban J connectivity index is 1.36. The Kier molecular flexibility index (Phi) is 10.8. The number of nitrogens with one attached hydrogen (secondary N) is 1. The highest BCUT2D eigenvalue weighted by molar-refractivity contribution is 5.90. The molecule has 3 amide bonds. The van der Waals surface area contributed by atoms with E-state index < -0.39 is 29.1 Å². The van der Waals surface area contributed by atoms with Crippen LogP contribution < -0.4 is 5.32 Å². The summed E-state index contributed by atoms with van der Waals surface area (Å²) in [6, 6.07) is 16.6. The number of carbonyl (C=O) groups is 4. The van der Waals surface area contributed by atoms with Gasteiger partial charge in [0.25, 0.3) is 0 Å². The number of hydrogen-bond donors (Lipinski definition) is 2. The highest BCUT2D eigenvalue weighted by atomic mass is 16.6. The molecule has 2 N–H and O–H groups in total. The Labute approximate surface area is 303 Å². The number of rotatable bonds is 8. The second kappa shape index (κ2) is 14.5. The molecular weight excluding hydrogens is 642 g/mol. The molecule has 0 bridgehead atoms. The minimum absolute atomic E-state index is 0.104. The smallest absolute Gasteiger partial charge is 0.408 e. The molecule has 9 nitrogen and oxygen atoms in total. The van der Waals surface area contributed by atoms with Gasteiger partial charge in [-0.1, -0.05) is 88.7 Å². The van der Waals surface area contributed by atoms with Crippen LogP contribution in [-0.2, 0) is 19.7 Å². The molecule has 1 aliphatic carbocycles. The number of hydrogen-bond acceptors (Lipinski definition) is 5. The summed E-state index contributed by atoms with van der Waals surface area (Å²) in [4.78, 5) is 56.9. The van der Waals surface area contributed by atoms with E-state index in [1.165, 1.54) is 5.57 Å². The van der Waals surface area contributed by atoms with E-state index in [2.05, 4.69) is 32.2 Å². The quantitative estimate of drug-likeness (QED) is 0.275. The van der Waals surface area contributed by atoms with Crippen molar-refractivity contribution in [2.75, 3.05) is 26.2 Å². The van der Waals surface area contributed by atoms with E-state index >= 15 is 0 Å². The molecule has 3 atom stereocenters. The molecule has 2 heterocycles. The Bertz CT molecular complexity index is 1630. The van der Waals surface area contributed by atoms with Gasteiger partial charge in [-0.25, -0.2) is 9.59 Å². The number of carboxylic acids is 1. The number of alkyl carbamates (subject to hydrolysis) is 1. The molecule has 2 aliphatic heterocycles. The van der Waals surface area contributed by atoms with Crippen LogP contribution in [0.2, 0.25) is 0 Å². The SMILES string of the molecule is CC(C)C[C@H](NC(=O)OC(C)(C)C)C(=O)N1CCC(C(=O)N2CC=C3C(C)(C)[C@@H](c4ccc(C(=O)O)cc4)CC[C@]3(C)C2)(c2ccccc2)CC1. The number of ether oxygens (including phenoxy) is 1. The minimum atomic E-state index is -0.923. The predicted octanol–water partition coefficient (Wildman–Crippen LogP) is 7.56. The normalized spacial score (nSPS) is 23.5. The van der Waals surface area contributed by atoms with Gasteiger partial charge in [-0.3, -0.25) is 9.59 Å². The fourth-order valence-electron chi connectivity index (χ4n) is 9.04. The van der Waals surface area contributed by atoms with Crippen LogP contribution in [0.15, 0.2) is 66.2 Å². The van der Waals surface area contributed by atoms with Crippen LogP contribution in [0.1, 0.15) is 115 Å². The molecule has 1 saturated carbocycles. The minimum Gasteiger partial charge on any atom is -0.478 e.